The molecule has 0 amide bonds. The van der Waals surface area contributed by atoms with Crippen molar-refractivity contribution >= 4 is 15.9 Å². The molecule has 2 rings (SSSR count). The third-order valence-electron chi connectivity index (χ3n) is 2.96. The second-order valence-corrected chi connectivity index (χ2v) is 5.49. The Hall–Kier alpha value is -1.59. The smallest absolute Gasteiger partial charge is 0.127 e. The summed E-state index contributed by atoms with van der Waals surface area (Å²) in [4.78, 5) is 0. The highest BCUT2D eigenvalue weighted by Crippen LogP contribution is 2.26. The molecule has 0 saturated carbocycles. The maximum atomic E-state index is 13.4. The molecule has 112 valence electrons. The van der Waals surface area contributed by atoms with Crippen molar-refractivity contribution in [1.82, 2.24) is 5.32 Å². The first-order valence-corrected chi connectivity index (χ1v) is 7.31. The molecule has 0 radical (unpaired) electrons. The summed E-state index contributed by atoms with van der Waals surface area (Å²) in [6.45, 7) is 0.979. The van der Waals surface area contributed by atoms with Gasteiger partial charge in [0.25, 0.3) is 0 Å². The minimum atomic E-state index is -0.288. The highest BCUT2D eigenvalue weighted by atomic mass is 79.9. The van der Waals surface area contributed by atoms with Gasteiger partial charge in [-0.05, 0) is 36.9 Å². The Bertz CT molecular complexity index is 599. The van der Waals surface area contributed by atoms with E-state index in [4.69, 9.17) is 9.47 Å². The van der Waals surface area contributed by atoms with Gasteiger partial charge in [-0.3, -0.25) is 0 Å². The predicted molar refractivity (Wildman–Crippen MR) is 84.2 cm³/mol. The van der Waals surface area contributed by atoms with Gasteiger partial charge in [0.2, 0.25) is 0 Å². The fourth-order valence-electron chi connectivity index (χ4n) is 1.99. The van der Waals surface area contributed by atoms with Crippen LogP contribution < -0.4 is 14.8 Å². The van der Waals surface area contributed by atoms with E-state index in [-0.39, 0.29) is 5.82 Å². The Labute approximate surface area is 132 Å². The summed E-state index contributed by atoms with van der Waals surface area (Å²) in [5, 5.41) is 3.09. The van der Waals surface area contributed by atoms with Gasteiger partial charge in [-0.2, -0.15) is 0 Å². The van der Waals surface area contributed by atoms with Crippen LogP contribution in [0.2, 0.25) is 0 Å². The van der Waals surface area contributed by atoms with Gasteiger partial charge in [0, 0.05) is 22.6 Å². The van der Waals surface area contributed by atoms with E-state index < -0.39 is 0 Å². The maximum Gasteiger partial charge on any atom is 0.127 e. The highest BCUT2D eigenvalue weighted by molar-refractivity contribution is 9.10. The Balaban J connectivity index is 2.17. The van der Waals surface area contributed by atoms with Crippen LogP contribution in [0.25, 0.3) is 0 Å². The van der Waals surface area contributed by atoms with Gasteiger partial charge in [0.15, 0.2) is 0 Å². The molecule has 2 aromatic carbocycles. The Morgan fingerprint density at radius 1 is 1.19 bits per heavy atom. The normalized spacial score (nSPS) is 10.5. The van der Waals surface area contributed by atoms with Crippen LogP contribution in [0.1, 0.15) is 11.1 Å². The van der Waals surface area contributed by atoms with Crippen molar-refractivity contribution in [1.29, 1.82) is 0 Å². The fraction of sp³-hybridized carbons (Fsp3) is 0.250. The van der Waals surface area contributed by atoms with Crippen molar-refractivity contribution in [2.24, 2.45) is 0 Å². The molecule has 3 nitrogen and oxygen atoms in total. The summed E-state index contributed by atoms with van der Waals surface area (Å²) in [5.74, 6) is 1.17. The second-order valence-electron chi connectivity index (χ2n) is 4.57. The van der Waals surface area contributed by atoms with E-state index in [2.05, 4.69) is 21.2 Å². The summed E-state index contributed by atoms with van der Waals surface area (Å²) >= 11 is 3.28. The van der Waals surface area contributed by atoms with Gasteiger partial charge in [0.1, 0.15) is 23.9 Å². The SMILES string of the molecule is CNCc1ccc(OC)cc1OCc1cc(F)cc(Br)c1. The van der Waals surface area contributed by atoms with Gasteiger partial charge < -0.3 is 14.8 Å². The zero-order valence-electron chi connectivity index (χ0n) is 12.0. The highest BCUT2D eigenvalue weighted by Gasteiger charge is 2.07. The van der Waals surface area contributed by atoms with Gasteiger partial charge in [-0.1, -0.05) is 22.0 Å². The lowest BCUT2D eigenvalue weighted by atomic mass is 10.2. The summed E-state index contributed by atoms with van der Waals surface area (Å²) in [5.41, 5.74) is 1.79. The van der Waals surface area contributed by atoms with E-state index >= 15 is 0 Å². The molecule has 0 heterocycles. The van der Waals surface area contributed by atoms with Crippen molar-refractivity contribution in [3.05, 3.63) is 57.8 Å². The molecule has 21 heavy (non-hydrogen) atoms. The van der Waals surface area contributed by atoms with Gasteiger partial charge >= 0.3 is 0 Å². The predicted octanol–water partition coefficient (Wildman–Crippen LogP) is 3.90. The van der Waals surface area contributed by atoms with Crippen LogP contribution >= 0.6 is 15.9 Å². The van der Waals surface area contributed by atoms with Crippen LogP contribution in [0.4, 0.5) is 4.39 Å². The largest absolute Gasteiger partial charge is 0.497 e. The van der Waals surface area contributed by atoms with Crippen molar-refractivity contribution in [3.63, 3.8) is 0 Å². The van der Waals surface area contributed by atoms with E-state index in [1.807, 2.05) is 31.3 Å². The van der Waals surface area contributed by atoms with Crippen LogP contribution in [-0.4, -0.2) is 14.2 Å². The second kappa shape index (κ2) is 7.43. The third kappa shape index (κ3) is 4.44. The van der Waals surface area contributed by atoms with E-state index in [1.54, 1.807) is 7.11 Å². The zero-order chi connectivity index (χ0) is 15.2. The minimum absolute atomic E-state index is 0.288. The number of hydrogen-bond acceptors (Lipinski definition) is 3. The quantitative estimate of drug-likeness (QED) is 0.854. The molecule has 0 fully saturated rings. The Kier molecular flexibility index (Phi) is 5.59. The topological polar surface area (TPSA) is 30.5 Å². The van der Waals surface area contributed by atoms with Crippen LogP contribution in [0.3, 0.4) is 0 Å². The number of halogens is 2. The molecule has 0 aliphatic carbocycles. The first-order valence-electron chi connectivity index (χ1n) is 6.51. The summed E-state index contributed by atoms with van der Waals surface area (Å²) in [6.07, 6.45) is 0. The summed E-state index contributed by atoms with van der Waals surface area (Å²) in [6, 6.07) is 10.4. The molecule has 0 aliphatic rings. The first-order chi connectivity index (χ1) is 10.1. The molecule has 0 bridgehead atoms. The maximum absolute atomic E-state index is 13.4. The van der Waals surface area contributed by atoms with Crippen LogP contribution in [0.15, 0.2) is 40.9 Å². The molecule has 5 heteroatoms. The molecule has 2 aromatic rings. The minimum Gasteiger partial charge on any atom is -0.497 e. The molecule has 1 N–H and O–H groups in total. The third-order valence-corrected chi connectivity index (χ3v) is 3.42. The standard InChI is InChI=1S/C16H17BrFNO2/c1-19-9-12-3-4-15(20-2)8-16(12)21-10-11-5-13(17)7-14(18)6-11/h3-8,19H,9-10H2,1-2H3. The lowest BCUT2D eigenvalue weighted by molar-refractivity contribution is 0.299. The van der Waals surface area contributed by atoms with E-state index in [0.717, 1.165) is 22.6 Å². The first kappa shape index (κ1) is 15.8. The van der Waals surface area contributed by atoms with Crippen molar-refractivity contribution in [2.75, 3.05) is 14.2 Å². The molecule has 0 aromatic heterocycles. The summed E-state index contributed by atoms with van der Waals surface area (Å²) < 4.78 is 25.1. The molecular formula is C16H17BrFNO2. The van der Waals surface area contributed by atoms with E-state index in [1.165, 1.54) is 12.1 Å². The van der Waals surface area contributed by atoms with E-state index in [9.17, 15) is 4.39 Å². The average Bonchev–Trinajstić information content (AvgIpc) is 2.45. The lowest BCUT2D eigenvalue weighted by Gasteiger charge is -2.13. The monoisotopic (exact) mass is 353 g/mol. The number of rotatable bonds is 6. The average molecular weight is 354 g/mol. The lowest BCUT2D eigenvalue weighted by Crippen LogP contribution is -2.08. The van der Waals surface area contributed by atoms with Crippen molar-refractivity contribution in [2.45, 2.75) is 13.2 Å². The Morgan fingerprint density at radius 2 is 2.00 bits per heavy atom. The zero-order valence-corrected chi connectivity index (χ0v) is 13.5. The number of ether oxygens (including phenoxy) is 2. The van der Waals surface area contributed by atoms with Crippen LogP contribution in [0.5, 0.6) is 11.5 Å². The number of benzene rings is 2. The van der Waals surface area contributed by atoms with Gasteiger partial charge in [-0.25, -0.2) is 4.39 Å². The number of hydrogen-bond donors (Lipinski definition) is 1. The molecule has 0 aliphatic heterocycles. The summed E-state index contributed by atoms with van der Waals surface area (Å²) in [7, 11) is 3.48. The van der Waals surface area contributed by atoms with Crippen LogP contribution in [-0.2, 0) is 13.2 Å². The number of methoxy groups -OCH3 is 1. The Morgan fingerprint density at radius 3 is 2.67 bits per heavy atom. The molecule has 0 spiro atoms. The molecule has 0 saturated heterocycles. The van der Waals surface area contributed by atoms with Crippen LogP contribution in [0, 0.1) is 5.82 Å². The van der Waals surface area contributed by atoms with Gasteiger partial charge in [-0.15, -0.1) is 0 Å². The van der Waals surface area contributed by atoms with Crippen molar-refractivity contribution < 1.29 is 13.9 Å². The molecule has 0 atom stereocenters. The number of nitrogens with one attached hydrogen (secondary N) is 1. The van der Waals surface area contributed by atoms with E-state index in [0.29, 0.717) is 17.6 Å². The van der Waals surface area contributed by atoms with Gasteiger partial charge in [0.05, 0.1) is 7.11 Å². The fourth-order valence-corrected chi connectivity index (χ4v) is 2.50. The molecule has 0 unspecified atom stereocenters. The molecular weight excluding hydrogens is 337 g/mol. The van der Waals surface area contributed by atoms with Crippen molar-refractivity contribution in [3.8, 4) is 11.5 Å².